The van der Waals surface area contributed by atoms with E-state index in [1.165, 1.54) is 13.0 Å². The van der Waals surface area contributed by atoms with E-state index in [-0.39, 0.29) is 47.6 Å². The predicted octanol–water partition coefficient (Wildman–Crippen LogP) is 4.64. The van der Waals surface area contributed by atoms with Gasteiger partial charge in [-0.15, -0.1) is 0 Å². The lowest BCUT2D eigenvalue weighted by molar-refractivity contribution is -0.147. The minimum atomic E-state index is -0.342. The number of nitrogens with zero attached hydrogens (tertiary/aromatic N) is 2. The number of amides is 1. The first kappa shape index (κ1) is 25.6. The van der Waals surface area contributed by atoms with Crippen molar-refractivity contribution >= 4 is 11.9 Å². The lowest BCUT2D eigenvalue weighted by Gasteiger charge is -2.39. The second kappa shape index (κ2) is 11.5. The van der Waals surface area contributed by atoms with Gasteiger partial charge in [-0.2, -0.15) is 0 Å². The highest BCUT2D eigenvalue weighted by molar-refractivity contribution is 5.96. The van der Waals surface area contributed by atoms with Gasteiger partial charge in [0.25, 0.3) is 5.91 Å². The maximum Gasteiger partial charge on any atom is 0.303 e. The van der Waals surface area contributed by atoms with Crippen molar-refractivity contribution in [2.24, 2.45) is 5.92 Å². The van der Waals surface area contributed by atoms with Gasteiger partial charge in [-0.05, 0) is 49.1 Å². The molecule has 0 bridgehead atoms. The Bertz CT molecular complexity index is 1320. The molecule has 8 nitrogen and oxygen atoms in total. The maximum absolute atomic E-state index is 13.8. The third kappa shape index (κ3) is 6.07. The summed E-state index contributed by atoms with van der Waals surface area (Å²) in [5, 5.41) is 0. The molecule has 1 aliphatic carbocycles. The van der Waals surface area contributed by atoms with Gasteiger partial charge in [0.1, 0.15) is 18.9 Å². The van der Waals surface area contributed by atoms with Gasteiger partial charge in [-0.1, -0.05) is 60.7 Å². The van der Waals surface area contributed by atoms with Crippen LogP contribution in [0.2, 0.25) is 0 Å². The molecule has 1 aromatic heterocycles. The zero-order valence-corrected chi connectivity index (χ0v) is 21.5. The van der Waals surface area contributed by atoms with E-state index in [1.807, 2.05) is 65.6 Å². The van der Waals surface area contributed by atoms with E-state index in [0.717, 1.165) is 30.4 Å². The van der Waals surface area contributed by atoms with Gasteiger partial charge in [-0.3, -0.25) is 19.1 Å². The van der Waals surface area contributed by atoms with Crippen molar-refractivity contribution in [1.82, 2.24) is 9.58 Å². The highest BCUT2D eigenvalue weighted by Crippen LogP contribution is 2.33. The molecule has 5 rings (SSSR count). The summed E-state index contributed by atoms with van der Waals surface area (Å²) in [5.74, 6) is 0.00579. The minimum Gasteiger partial charge on any atom is -0.482 e. The van der Waals surface area contributed by atoms with Crippen LogP contribution in [0.25, 0.3) is 0 Å². The third-order valence-electron chi connectivity index (χ3n) is 6.98. The third-order valence-corrected chi connectivity index (χ3v) is 6.98. The molecule has 1 fully saturated rings. The zero-order valence-electron chi connectivity index (χ0n) is 21.5. The smallest absolute Gasteiger partial charge is 0.303 e. The molecule has 0 radical (unpaired) electrons. The number of aromatic nitrogens is 1. The Morgan fingerprint density at radius 3 is 2.42 bits per heavy atom. The number of hydrogen-bond donors (Lipinski definition) is 1. The lowest BCUT2D eigenvalue weighted by Crippen LogP contribution is -2.54. The fraction of sp³-hybridized carbons (Fsp3) is 0.367. The molecule has 38 heavy (non-hydrogen) atoms. The van der Waals surface area contributed by atoms with Crippen molar-refractivity contribution in [2.45, 2.75) is 57.9 Å². The van der Waals surface area contributed by atoms with Crippen LogP contribution in [0, 0.1) is 5.92 Å². The molecule has 2 aromatic carbocycles. The zero-order chi connectivity index (χ0) is 26.5. The monoisotopic (exact) mass is 515 g/mol. The molecule has 198 valence electrons. The molecule has 2 atom stereocenters. The first-order valence-electron chi connectivity index (χ1n) is 13.2. The molecule has 2 aliphatic rings. The van der Waals surface area contributed by atoms with Gasteiger partial charge in [-0.25, -0.2) is 0 Å². The number of rotatable bonds is 11. The molecular weight excluding hydrogens is 482 g/mol. The van der Waals surface area contributed by atoms with E-state index in [9.17, 15) is 14.4 Å². The fourth-order valence-electron chi connectivity index (χ4n) is 4.87. The molecule has 0 spiro atoms. The molecule has 2 heterocycles. The van der Waals surface area contributed by atoms with Gasteiger partial charge < -0.3 is 19.8 Å². The Labute approximate surface area is 222 Å². The number of ether oxygens (including phenoxy) is 2. The number of esters is 1. The quantitative estimate of drug-likeness (QED) is 0.374. The van der Waals surface area contributed by atoms with E-state index in [2.05, 4.69) is 5.43 Å². The van der Waals surface area contributed by atoms with E-state index < -0.39 is 0 Å². The van der Waals surface area contributed by atoms with Crippen LogP contribution >= 0.6 is 0 Å². The first-order chi connectivity index (χ1) is 18.5. The van der Waals surface area contributed by atoms with Crippen LogP contribution in [0.1, 0.15) is 66.7 Å². The predicted molar refractivity (Wildman–Crippen MR) is 143 cm³/mol. The molecule has 8 heteroatoms. The molecule has 0 saturated heterocycles. The lowest BCUT2D eigenvalue weighted by atomic mass is 10.0. The van der Waals surface area contributed by atoms with Crippen LogP contribution in [0.4, 0.5) is 0 Å². The van der Waals surface area contributed by atoms with E-state index >= 15 is 0 Å². The summed E-state index contributed by atoms with van der Waals surface area (Å²) in [6, 6.07) is 20.7. The van der Waals surface area contributed by atoms with E-state index in [4.69, 9.17) is 9.47 Å². The average Bonchev–Trinajstić information content (AvgIpc) is 3.75. The Hall–Kier alpha value is -4.07. The summed E-state index contributed by atoms with van der Waals surface area (Å²) in [7, 11) is 0. The van der Waals surface area contributed by atoms with Crippen molar-refractivity contribution in [1.29, 1.82) is 0 Å². The number of nitrogens with one attached hydrogen (secondary N) is 1. The minimum absolute atomic E-state index is 0.0621. The number of hydrogen-bond acceptors (Lipinski definition) is 6. The van der Waals surface area contributed by atoms with Crippen molar-refractivity contribution in [3.8, 4) is 5.75 Å². The highest BCUT2D eigenvalue weighted by Gasteiger charge is 2.38. The van der Waals surface area contributed by atoms with Crippen molar-refractivity contribution in [3.05, 3.63) is 100.0 Å². The number of carbonyl (C=O) groups excluding carboxylic acids is 2. The van der Waals surface area contributed by atoms with Crippen LogP contribution in [-0.4, -0.2) is 34.2 Å². The Kier molecular flexibility index (Phi) is 7.77. The number of pyridine rings is 1. The number of carbonyl (C=O) groups is 2. The first-order valence-corrected chi connectivity index (χ1v) is 13.2. The highest BCUT2D eigenvalue weighted by atomic mass is 16.5. The van der Waals surface area contributed by atoms with Gasteiger partial charge in [0.15, 0.2) is 11.4 Å². The number of benzene rings is 2. The maximum atomic E-state index is 13.8. The molecule has 1 N–H and O–H groups in total. The van der Waals surface area contributed by atoms with Crippen molar-refractivity contribution in [2.75, 3.05) is 12.0 Å². The van der Waals surface area contributed by atoms with Gasteiger partial charge in [0, 0.05) is 25.7 Å². The SMILES string of the molecule is CC(=O)OC(CCCC1Nn2ccc(=O)c(OCc3ccccc3)c2C(=O)N1CC1CC1)c1ccccc1. The molecular formula is C30H33N3O5. The molecule has 3 aromatic rings. The van der Waals surface area contributed by atoms with E-state index in [0.29, 0.717) is 25.3 Å². The average molecular weight is 516 g/mol. The van der Waals surface area contributed by atoms with Gasteiger partial charge in [0.2, 0.25) is 5.43 Å². The molecule has 1 saturated carbocycles. The molecule has 1 amide bonds. The van der Waals surface area contributed by atoms with Crippen LogP contribution < -0.4 is 15.6 Å². The van der Waals surface area contributed by atoms with Gasteiger partial charge in [0.05, 0.1) is 0 Å². The van der Waals surface area contributed by atoms with Crippen LogP contribution in [-0.2, 0) is 16.1 Å². The second-order valence-electron chi connectivity index (χ2n) is 9.99. The van der Waals surface area contributed by atoms with Crippen molar-refractivity contribution in [3.63, 3.8) is 0 Å². The largest absolute Gasteiger partial charge is 0.482 e. The summed E-state index contributed by atoms with van der Waals surface area (Å²) < 4.78 is 13.1. The topological polar surface area (TPSA) is 89.9 Å². The van der Waals surface area contributed by atoms with Crippen LogP contribution in [0.5, 0.6) is 5.75 Å². The summed E-state index contributed by atoms with van der Waals surface area (Å²) in [6.45, 7) is 2.25. The summed E-state index contributed by atoms with van der Waals surface area (Å²) in [5.41, 5.74) is 5.20. The van der Waals surface area contributed by atoms with Gasteiger partial charge >= 0.3 is 5.97 Å². The molecule has 1 aliphatic heterocycles. The standard InChI is InChI=1S/C30H33N3O5/c1-21(34)38-26(24-11-6-3-7-12-24)13-8-14-27-31-33-18-17-25(35)29(37-20-23-9-4-2-5-10-23)28(33)30(36)32(27)19-22-15-16-22/h2-7,9-12,17-18,22,26-27,31H,8,13-16,19-20H2,1H3. The second-order valence-corrected chi connectivity index (χ2v) is 9.99. The van der Waals surface area contributed by atoms with Crippen molar-refractivity contribution < 1.29 is 19.1 Å². The normalized spacial score (nSPS) is 17.3. The van der Waals surface area contributed by atoms with Crippen LogP contribution in [0.3, 0.4) is 0 Å². The Morgan fingerprint density at radius 2 is 1.74 bits per heavy atom. The fourth-order valence-corrected chi connectivity index (χ4v) is 4.87. The molecule has 2 unspecified atom stereocenters. The summed E-state index contributed by atoms with van der Waals surface area (Å²) in [4.78, 5) is 40.2. The van der Waals surface area contributed by atoms with Crippen LogP contribution in [0.15, 0.2) is 77.7 Å². The summed E-state index contributed by atoms with van der Waals surface area (Å²) in [6.07, 6.45) is 5.21. The Morgan fingerprint density at radius 1 is 1.03 bits per heavy atom. The number of fused-ring (bicyclic) bond motifs is 1. The van der Waals surface area contributed by atoms with E-state index in [1.54, 1.807) is 10.9 Å². The Balaban J connectivity index is 1.33. The summed E-state index contributed by atoms with van der Waals surface area (Å²) >= 11 is 0.